The zero-order chi connectivity index (χ0) is 18.9. The van der Waals surface area contributed by atoms with E-state index in [1.54, 1.807) is 23.3 Å². The molecule has 0 atom stereocenters. The minimum Gasteiger partial charge on any atom is -0.264 e. The van der Waals surface area contributed by atoms with Crippen LogP contribution in [0, 0.1) is 11.8 Å². The number of hydrogen-bond donors (Lipinski definition) is 1. The molecule has 1 heterocycles. The number of nitrogens with zero attached hydrogens (tertiary/aromatic N) is 1. The Labute approximate surface area is 169 Å². The van der Waals surface area contributed by atoms with Crippen LogP contribution in [0.5, 0.6) is 0 Å². The smallest absolute Gasteiger partial charge is 0.0784 e. The number of benzene rings is 2. The number of hydrogen-bond acceptors (Lipinski definition) is 4. The monoisotopic (exact) mass is 388 g/mol. The van der Waals surface area contributed by atoms with Crippen LogP contribution >= 0.6 is 23.3 Å². The minimum absolute atomic E-state index is 0.747. The molecule has 2 nitrogen and oxygen atoms in total. The van der Waals surface area contributed by atoms with Gasteiger partial charge in [-0.05, 0) is 61.5 Å². The zero-order valence-electron chi connectivity index (χ0n) is 15.1. The molecule has 1 N–H and O–H groups in total. The lowest BCUT2D eigenvalue weighted by atomic mass is 10.0. The van der Waals surface area contributed by atoms with Gasteiger partial charge in [0.2, 0.25) is 0 Å². The molecule has 2 aromatic carbocycles. The molecule has 1 aromatic heterocycles. The third kappa shape index (κ3) is 5.45. The van der Waals surface area contributed by atoms with Gasteiger partial charge in [-0.25, -0.2) is 0 Å². The fraction of sp³-hybridized carbons (Fsp3) is 0.0870. The van der Waals surface area contributed by atoms with E-state index in [1.807, 2.05) is 55.5 Å². The first kappa shape index (κ1) is 19.2. The van der Waals surface area contributed by atoms with Gasteiger partial charge in [-0.1, -0.05) is 54.3 Å². The molecular weight excluding hydrogens is 368 g/mol. The van der Waals surface area contributed by atoms with Crippen molar-refractivity contribution in [3.8, 4) is 11.8 Å². The fourth-order valence-corrected chi connectivity index (χ4v) is 4.23. The summed E-state index contributed by atoms with van der Waals surface area (Å²) >= 11 is 3.32. The van der Waals surface area contributed by atoms with Crippen LogP contribution in [0.4, 0.5) is 5.69 Å². The number of allylic oxidation sites excluding steroid dienone is 1. The maximum absolute atomic E-state index is 4.12. The van der Waals surface area contributed by atoms with Gasteiger partial charge in [-0.3, -0.25) is 9.71 Å². The first-order valence-corrected chi connectivity index (χ1v) is 10.2. The quantitative estimate of drug-likeness (QED) is 0.310. The molecule has 0 saturated carbocycles. The van der Waals surface area contributed by atoms with Gasteiger partial charge < -0.3 is 0 Å². The van der Waals surface area contributed by atoms with Crippen LogP contribution in [0.25, 0.3) is 5.57 Å². The SMILES string of the molecule is C=Nc1ccccc1/C(=C\C)CNSc1ccc(C#Cc2ccccc2)s1. The predicted octanol–water partition coefficient (Wildman–Crippen LogP) is 6.18. The summed E-state index contributed by atoms with van der Waals surface area (Å²) in [6, 6.07) is 22.3. The molecule has 0 aliphatic carbocycles. The summed E-state index contributed by atoms with van der Waals surface area (Å²) in [4.78, 5) is 5.18. The van der Waals surface area contributed by atoms with Gasteiger partial charge in [0.1, 0.15) is 0 Å². The van der Waals surface area contributed by atoms with Crippen LogP contribution in [0.15, 0.2) is 82.0 Å². The van der Waals surface area contributed by atoms with Gasteiger partial charge in [0.15, 0.2) is 0 Å². The minimum atomic E-state index is 0.747. The summed E-state index contributed by atoms with van der Waals surface area (Å²) in [5, 5.41) is 0. The number of rotatable bonds is 6. The standard InChI is InChI=1S/C23H20N2S2/c1-3-19(21-11-7-8-12-22(21)24-2)17-25-27-23-16-15-20(26-23)14-13-18-9-5-4-6-10-18/h3-12,15-16,25H,2,17H2,1H3/b19-3-. The van der Waals surface area contributed by atoms with Gasteiger partial charge in [-0.2, -0.15) is 0 Å². The molecule has 0 spiro atoms. The lowest BCUT2D eigenvalue weighted by molar-refractivity contribution is 1.14. The predicted molar refractivity (Wildman–Crippen MR) is 120 cm³/mol. The van der Waals surface area contributed by atoms with Crippen LogP contribution in [-0.2, 0) is 0 Å². The molecule has 3 rings (SSSR count). The highest BCUT2D eigenvalue weighted by molar-refractivity contribution is 7.99. The third-order valence-electron chi connectivity index (χ3n) is 3.89. The number of para-hydroxylation sites is 1. The Morgan fingerprint density at radius 1 is 1.07 bits per heavy atom. The van der Waals surface area contributed by atoms with Gasteiger partial charge in [0.05, 0.1) is 14.8 Å². The Morgan fingerprint density at radius 3 is 2.63 bits per heavy atom. The second kappa shape index (κ2) is 9.94. The lowest BCUT2D eigenvalue weighted by Crippen LogP contribution is -2.07. The molecule has 134 valence electrons. The Kier molecular flexibility index (Phi) is 7.06. The highest BCUT2D eigenvalue weighted by Gasteiger charge is 2.06. The van der Waals surface area contributed by atoms with Gasteiger partial charge in [0.25, 0.3) is 0 Å². The Morgan fingerprint density at radius 2 is 1.85 bits per heavy atom. The van der Waals surface area contributed by atoms with Crippen LogP contribution < -0.4 is 4.72 Å². The summed E-state index contributed by atoms with van der Waals surface area (Å²) in [6.07, 6.45) is 2.11. The molecule has 0 saturated heterocycles. The second-order valence-electron chi connectivity index (χ2n) is 5.65. The summed E-state index contributed by atoms with van der Waals surface area (Å²) in [6.45, 7) is 6.46. The number of aliphatic imine (C=N–C) groups is 1. The molecule has 0 bridgehead atoms. The van der Waals surface area contributed by atoms with Crippen molar-refractivity contribution in [1.29, 1.82) is 0 Å². The molecule has 0 fully saturated rings. The van der Waals surface area contributed by atoms with Crippen molar-refractivity contribution in [2.45, 2.75) is 11.1 Å². The molecule has 0 amide bonds. The van der Waals surface area contributed by atoms with Crippen LogP contribution in [0.3, 0.4) is 0 Å². The van der Waals surface area contributed by atoms with E-state index < -0.39 is 0 Å². The van der Waals surface area contributed by atoms with E-state index in [4.69, 9.17) is 0 Å². The van der Waals surface area contributed by atoms with Crippen LogP contribution in [0.2, 0.25) is 0 Å². The van der Waals surface area contributed by atoms with E-state index in [0.29, 0.717) is 0 Å². The van der Waals surface area contributed by atoms with E-state index in [2.05, 4.69) is 52.5 Å². The first-order valence-electron chi connectivity index (χ1n) is 8.58. The van der Waals surface area contributed by atoms with Crippen molar-refractivity contribution in [2.24, 2.45) is 4.99 Å². The van der Waals surface area contributed by atoms with E-state index >= 15 is 0 Å². The molecule has 27 heavy (non-hydrogen) atoms. The Bertz CT molecular complexity index is 992. The summed E-state index contributed by atoms with van der Waals surface area (Å²) in [5.74, 6) is 6.43. The number of thiophene rings is 1. The van der Waals surface area contributed by atoms with E-state index in [0.717, 1.165) is 28.2 Å². The van der Waals surface area contributed by atoms with Gasteiger partial charge in [0, 0.05) is 17.7 Å². The average molecular weight is 389 g/mol. The zero-order valence-corrected chi connectivity index (χ0v) is 16.7. The highest BCUT2D eigenvalue weighted by Crippen LogP contribution is 2.28. The second-order valence-corrected chi connectivity index (χ2v) is 7.92. The topological polar surface area (TPSA) is 24.4 Å². The van der Waals surface area contributed by atoms with E-state index in [9.17, 15) is 0 Å². The van der Waals surface area contributed by atoms with E-state index in [-0.39, 0.29) is 0 Å². The van der Waals surface area contributed by atoms with Crippen LogP contribution in [-0.4, -0.2) is 13.3 Å². The highest BCUT2D eigenvalue weighted by atomic mass is 32.2. The molecule has 4 heteroatoms. The van der Waals surface area contributed by atoms with E-state index in [1.165, 1.54) is 9.78 Å². The normalized spacial score (nSPS) is 10.9. The third-order valence-corrected chi connectivity index (χ3v) is 5.81. The first-order chi connectivity index (χ1) is 13.3. The molecule has 0 aliphatic rings. The molecule has 0 radical (unpaired) electrons. The molecular formula is C23H20N2S2. The van der Waals surface area contributed by atoms with Gasteiger partial charge in [-0.15, -0.1) is 11.3 Å². The van der Waals surface area contributed by atoms with Crippen molar-refractivity contribution in [3.63, 3.8) is 0 Å². The van der Waals surface area contributed by atoms with Gasteiger partial charge >= 0.3 is 0 Å². The van der Waals surface area contributed by atoms with Crippen LogP contribution in [0.1, 0.15) is 22.9 Å². The fourth-order valence-electron chi connectivity index (χ4n) is 2.52. The maximum atomic E-state index is 4.12. The molecule has 3 aromatic rings. The maximum Gasteiger partial charge on any atom is 0.0784 e. The van der Waals surface area contributed by atoms with Crippen molar-refractivity contribution in [3.05, 3.63) is 88.8 Å². The number of nitrogens with one attached hydrogen (secondary N) is 1. The van der Waals surface area contributed by atoms with Crippen molar-refractivity contribution < 1.29 is 0 Å². The Balaban J connectivity index is 1.59. The molecule has 0 unspecified atom stereocenters. The average Bonchev–Trinajstić information content (AvgIpc) is 3.18. The molecule has 0 aliphatic heterocycles. The summed E-state index contributed by atoms with van der Waals surface area (Å²) in [5.41, 5.74) is 4.26. The van der Waals surface area contributed by atoms with Crippen molar-refractivity contribution in [1.82, 2.24) is 4.72 Å². The largest absolute Gasteiger partial charge is 0.264 e. The summed E-state index contributed by atoms with van der Waals surface area (Å²) < 4.78 is 4.63. The van der Waals surface area contributed by atoms with Crippen molar-refractivity contribution >= 4 is 41.3 Å². The Hall–Kier alpha value is -2.58. The lowest BCUT2D eigenvalue weighted by Gasteiger charge is -2.10. The van der Waals surface area contributed by atoms with Crippen molar-refractivity contribution in [2.75, 3.05) is 6.54 Å². The summed E-state index contributed by atoms with van der Waals surface area (Å²) in [7, 11) is 0.